The number of amides is 1. The van der Waals surface area contributed by atoms with Gasteiger partial charge < -0.3 is 4.42 Å². The number of carbonyl (C=O) groups excluding carboxylic acids is 1. The molecule has 0 aliphatic rings. The van der Waals surface area contributed by atoms with Crippen LogP contribution >= 0.6 is 11.3 Å². The first-order chi connectivity index (χ1) is 15.8. The minimum Gasteiger partial charge on any atom is -0.414 e. The summed E-state index contributed by atoms with van der Waals surface area (Å²) in [5, 5.41) is 1.63. The van der Waals surface area contributed by atoms with E-state index in [4.69, 9.17) is 4.42 Å². The molecule has 0 saturated carbocycles. The van der Waals surface area contributed by atoms with Crippen molar-refractivity contribution in [1.29, 1.82) is 0 Å². The number of hydrogen-bond acceptors (Lipinski definition) is 7. The lowest BCUT2D eigenvalue weighted by Gasteiger charge is -2.23. The Morgan fingerprint density at radius 1 is 1.00 bits per heavy atom. The number of fused-ring (bicyclic) bond motifs is 2. The van der Waals surface area contributed by atoms with E-state index < -0.39 is 20.9 Å². The highest BCUT2D eigenvalue weighted by molar-refractivity contribution is 7.93. The zero-order valence-electron chi connectivity index (χ0n) is 17.3. The van der Waals surface area contributed by atoms with Crippen molar-refractivity contribution >= 4 is 54.0 Å². The molecule has 0 atom stereocenters. The molecule has 5 aromatic rings. The first-order valence-electron chi connectivity index (χ1n) is 9.87. The predicted molar refractivity (Wildman–Crippen MR) is 127 cm³/mol. The lowest BCUT2D eigenvalue weighted by Crippen LogP contribution is -2.37. The third-order valence-corrected chi connectivity index (χ3v) is 7.64. The molecule has 1 amide bonds. The molecule has 33 heavy (non-hydrogen) atoms. The number of hydrogen-bond donors (Lipinski definition) is 0. The Bertz CT molecular complexity index is 1690. The molecule has 0 aliphatic heterocycles. The van der Waals surface area contributed by atoms with Crippen molar-refractivity contribution < 1.29 is 17.6 Å². The van der Waals surface area contributed by atoms with Crippen molar-refractivity contribution in [2.24, 2.45) is 0 Å². The number of anilines is 1. The fourth-order valence-electron chi connectivity index (χ4n) is 3.57. The van der Waals surface area contributed by atoms with Crippen LogP contribution in [0.1, 0.15) is 15.9 Å². The van der Waals surface area contributed by atoms with Gasteiger partial charge in [-0.15, -0.1) is 0 Å². The summed E-state index contributed by atoms with van der Waals surface area (Å²) < 4.78 is 33.9. The second kappa shape index (κ2) is 7.95. The molecular formula is C24H16N2O5S2. The van der Waals surface area contributed by atoms with Gasteiger partial charge in [-0.1, -0.05) is 41.2 Å². The second-order valence-electron chi connectivity index (χ2n) is 7.41. The van der Waals surface area contributed by atoms with E-state index in [1.165, 1.54) is 42.7 Å². The molecule has 0 aliphatic carbocycles. The topological polar surface area (TPSA) is 97.6 Å². The highest BCUT2D eigenvalue weighted by Gasteiger charge is 2.32. The second-order valence-corrected chi connectivity index (χ2v) is 10.2. The molecule has 7 nitrogen and oxygen atoms in total. The smallest absolute Gasteiger partial charge is 0.396 e. The maximum absolute atomic E-state index is 13.8. The fraction of sp³-hybridized carbons (Fsp3) is 0.0417. The first-order valence-corrected chi connectivity index (χ1v) is 12.1. The van der Waals surface area contributed by atoms with Gasteiger partial charge in [0.2, 0.25) is 0 Å². The van der Waals surface area contributed by atoms with Crippen molar-refractivity contribution in [2.75, 3.05) is 4.31 Å². The summed E-state index contributed by atoms with van der Waals surface area (Å²) in [6.45, 7) is 1.96. The Kier molecular flexibility index (Phi) is 5.07. The summed E-state index contributed by atoms with van der Waals surface area (Å²) in [5.74, 6) is -0.762. The van der Waals surface area contributed by atoms with Gasteiger partial charge in [-0.2, -0.15) is 4.31 Å². The van der Waals surface area contributed by atoms with E-state index in [9.17, 15) is 18.0 Å². The van der Waals surface area contributed by atoms with Crippen LogP contribution in [-0.2, 0) is 10.0 Å². The quantitative estimate of drug-likeness (QED) is 0.371. The van der Waals surface area contributed by atoms with Crippen molar-refractivity contribution in [3.05, 3.63) is 100.0 Å². The molecule has 2 aromatic heterocycles. The molecule has 164 valence electrons. The number of pyridine rings is 1. The number of benzene rings is 3. The van der Waals surface area contributed by atoms with Gasteiger partial charge in [-0.3, -0.25) is 9.78 Å². The van der Waals surface area contributed by atoms with Gasteiger partial charge in [0, 0.05) is 12.4 Å². The molecule has 0 saturated heterocycles. The van der Waals surface area contributed by atoms with E-state index in [2.05, 4.69) is 4.98 Å². The highest BCUT2D eigenvalue weighted by Crippen LogP contribution is 2.31. The molecule has 0 bridgehead atoms. The SMILES string of the molecule is Cc1ccc2cc(S(=O)(=O)N(C(=O)c3cccnc3)c3ccc4oc(=O)sc4c3)ccc2c1. The first kappa shape index (κ1) is 21.0. The maximum atomic E-state index is 13.8. The van der Waals surface area contributed by atoms with Crippen LogP contribution in [0.4, 0.5) is 5.69 Å². The molecule has 0 N–H and O–H groups in total. The van der Waals surface area contributed by atoms with Crippen LogP contribution in [0, 0.1) is 6.92 Å². The zero-order chi connectivity index (χ0) is 23.2. The number of carbonyl (C=O) groups is 1. The summed E-state index contributed by atoms with van der Waals surface area (Å²) in [6.07, 6.45) is 2.80. The lowest BCUT2D eigenvalue weighted by molar-refractivity contribution is 0.100. The standard InChI is InChI=1S/C24H16N2O5S2/c1-15-4-5-17-12-20(8-6-16(17)11-15)33(29,30)26(23(27)18-3-2-10-25-14-18)19-7-9-21-22(13-19)32-24(28)31-21/h2-14H,1H3. The van der Waals surface area contributed by atoms with Crippen LogP contribution in [0.15, 0.2) is 93.2 Å². The number of aryl methyl sites for hydroxylation is 1. The monoisotopic (exact) mass is 476 g/mol. The predicted octanol–water partition coefficient (Wildman–Crippen LogP) is 4.75. The fourth-order valence-corrected chi connectivity index (χ4v) is 5.71. The van der Waals surface area contributed by atoms with E-state index in [1.807, 2.05) is 25.1 Å². The van der Waals surface area contributed by atoms with E-state index in [-0.39, 0.29) is 16.1 Å². The van der Waals surface area contributed by atoms with Crippen molar-refractivity contribution in [1.82, 2.24) is 4.98 Å². The van der Waals surface area contributed by atoms with Crippen molar-refractivity contribution in [3.63, 3.8) is 0 Å². The lowest BCUT2D eigenvalue weighted by atomic mass is 10.1. The normalized spacial score (nSPS) is 11.7. The maximum Gasteiger partial charge on any atom is 0.396 e. The molecular weight excluding hydrogens is 460 g/mol. The summed E-state index contributed by atoms with van der Waals surface area (Å²) in [4.78, 5) is 28.5. The van der Waals surface area contributed by atoms with Crippen LogP contribution in [0.25, 0.3) is 21.1 Å². The minimum absolute atomic E-state index is 0.0310. The van der Waals surface area contributed by atoms with Gasteiger partial charge >= 0.3 is 4.94 Å². The molecule has 5 rings (SSSR count). The van der Waals surface area contributed by atoms with Gasteiger partial charge in [-0.05, 0) is 60.2 Å². The van der Waals surface area contributed by atoms with Crippen LogP contribution < -0.4 is 9.24 Å². The van der Waals surface area contributed by atoms with E-state index in [1.54, 1.807) is 18.2 Å². The van der Waals surface area contributed by atoms with Crippen LogP contribution in [-0.4, -0.2) is 19.3 Å². The number of aromatic nitrogens is 1. The summed E-state index contributed by atoms with van der Waals surface area (Å²) in [5.41, 5.74) is 1.58. The molecule has 0 fully saturated rings. The van der Waals surface area contributed by atoms with Crippen LogP contribution in [0.5, 0.6) is 0 Å². The van der Waals surface area contributed by atoms with Crippen LogP contribution in [0.2, 0.25) is 0 Å². The Balaban J connectivity index is 1.70. The minimum atomic E-state index is -4.31. The number of nitrogens with zero attached hydrogens (tertiary/aromatic N) is 2. The summed E-state index contributed by atoms with van der Waals surface area (Å²) >= 11 is 0.834. The summed E-state index contributed by atoms with van der Waals surface area (Å²) in [7, 11) is -4.31. The van der Waals surface area contributed by atoms with Gasteiger partial charge in [0.1, 0.15) is 5.58 Å². The van der Waals surface area contributed by atoms with Crippen molar-refractivity contribution in [3.8, 4) is 0 Å². The number of sulfonamides is 1. The van der Waals surface area contributed by atoms with Gasteiger partial charge in [0.15, 0.2) is 0 Å². The Morgan fingerprint density at radius 3 is 2.58 bits per heavy atom. The molecule has 0 spiro atoms. The van der Waals surface area contributed by atoms with E-state index >= 15 is 0 Å². The summed E-state index contributed by atoms with van der Waals surface area (Å²) in [6, 6.07) is 17.9. The molecule has 3 aromatic carbocycles. The Labute approximate surface area is 192 Å². The highest BCUT2D eigenvalue weighted by atomic mass is 32.2. The average molecular weight is 477 g/mol. The Morgan fingerprint density at radius 2 is 1.79 bits per heavy atom. The molecule has 2 heterocycles. The van der Waals surface area contributed by atoms with Crippen LogP contribution in [0.3, 0.4) is 0 Å². The molecule has 0 unspecified atom stereocenters. The Hall–Kier alpha value is -3.82. The van der Waals surface area contributed by atoms with Gasteiger partial charge in [0.25, 0.3) is 15.9 Å². The molecule has 0 radical (unpaired) electrons. The van der Waals surface area contributed by atoms with E-state index in [0.29, 0.717) is 10.3 Å². The number of rotatable bonds is 4. The average Bonchev–Trinajstić information content (AvgIpc) is 3.18. The zero-order valence-corrected chi connectivity index (χ0v) is 18.9. The van der Waals surface area contributed by atoms with Gasteiger partial charge in [0.05, 0.1) is 20.8 Å². The van der Waals surface area contributed by atoms with E-state index in [0.717, 1.165) is 32.0 Å². The third kappa shape index (κ3) is 3.81. The third-order valence-electron chi connectivity index (χ3n) is 5.15. The van der Waals surface area contributed by atoms with Crippen molar-refractivity contribution in [2.45, 2.75) is 11.8 Å². The largest absolute Gasteiger partial charge is 0.414 e. The van der Waals surface area contributed by atoms with Gasteiger partial charge in [-0.25, -0.2) is 13.2 Å². The molecule has 9 heteroatoms.